The molecule has 0 saturated carbocycles. The summed E-state index contributed by atoms with van der Waals surface area (Å²) in [6, 6.07) is 12.3. The van der Waals surface area contributed by atoms with Gasteiger partial charge in [0.2, 0.25) is 0 Å². The Labute approximate surface area is 128 Å². The molecule has 20 heavy (non-hydrogen) atoms. The zero-order chi connectivity index (χ0) is 14.1. The highest BCUT2D eigenvalue weighted by Crippen LogP contribution is 2.35. The summed E-state index contributed by atoms with van der Waals surface area (Å²) in [4.78, 5) is 0. The first-order valence-corrected chi connectivity index (χ1v) is 7.40. The molecule has 1 unspecified atom stereocenters. The highest BCUT2D eigenvalue weighted by Gasteiger charge is 2.18. The molecule has 0 aromatic heterocycles. The van der Waals surface area contributed by atoms with E-state index >= 15 is 0 Å². The highest BCUT2D eigenvalue weighted by atomic mass is 35.5. The van der Waals surface area contributed by atoms with Gasteiger partial charge >= 0.3 is 0 Å². The number of aromatic hydroxyl groups is 1. The van der Waals surface area contributed by atoms with Crippen LogP contribution in [0.5, 0.6) is 5.75 Å². The van der Waals surface area contributed by atoms with Gasteiger partial charge in [-0.2, -0.15) is 0 Å². The second-order valence-electron chi connectivity index (χ2n) is 5.14. The number of hydrogen-bond donors (Lipinski definition) is 2. The number of rotatable bonds is 2. The van der Waals surface area contributed by atoms with Gasteiger partial charge in [-0.25, -0.2) is 0 Å². The lowest BCUT2D eigenvalue weighted by molar-refractivity contribution is 0.476. The predicted octanol–water partition coefficient (Wildman–Crippen LogP) is 4.67. The SMILES string of the molecule is Oc1c(Cl)cc(NC2CCc3ccccc3C2)cc1Cl. The van der Waals surface area contributed by atoms with Gasteiger partial charge in [-0.15, -0.1) is 0 Å². The van der Waals surface area contributed by atoms with Crippen molar-refractivity contribution in [1.29, 1.82) is 0 Å². The zero-order valence-electron chi connectivity index (χ0n) is 10.9. The van der Waals surface area contributed by atoms with E-state index in [1.807, 2.05) is 0 Å². The number of phenolic OH excluding ortho intramolecular Hbond substituents is 1. The molecule has 0 spiro atoms. The molecule has 0 aliphatic heterocycles. The number of nitrogens with one attached hydrogen (secondary N) is 1. The van der Waals surface area contributed by atoms with Crippen molar-refractivity contribution in [2.45, 2.75) is 25.3 Å². The third kappa shape index (κ3) is 2.72. The average molecular weight is 308 g/mol. The molecule has 0 saturated heterocycles. The minimum atomic E-state index is -0.0622. The van der Waals surface area contributed by atoms with Crippen molar-refractivity contribution < 1.29 is 5.11 Å². The molecule has 0 amide bonds. The average Bonchev–Trinajstić information content (AvgIpc) is 2.44. The van der Waals surface area contributed by atoms with Gasteiger partial charge in [0.25, 0.3) is 0 Å². The van der Waals surface area contributed by atoms with Gasteiger partial charge in [0.05, 0.1) is 10.0 Å². The molecule has 104 valence electrons. The lowest BCUT2D eigenvalue weighted by Gasteiger charge is -2.26. The van der Waals surface area contributed by atoms with Crippen LogP contribution in [-0.4, -0.2) is 11.1 Å². The van der Waals surface area contributed by atoms with E-state index in [0.717, 1.165) is 24.9 Å². The Morgan fingerprint density at radius 2 is 1.70 bits per heavy atom. The van der Waals surface area contributed by atoms with Gasteiger partial charge in [0, 0.05) is 11.7 Å². The molecular formula is C16H15Cl2NO. The molecule has 2 aromatic rings. The van der Waals surface area contributed by atoms with E-state index in [2.05, 4.69) is 29.6 Å². The fourth-order valence-electron chi connectivity index (χ4n) is 2.71. The normalized spacial score (nSPS) is 17.6. The van der Waals surface area contributed by atoms with E-state index in [1.165, 1.54) is 11.1 Å². The van der Waals surface area contributed by atoms with Crippen LogP contribution < -0.4 is 5.32 Å². The number of halogens is 2. The molecule has 0 bridgehead atoms. The summed E-state index contributed by atoms with van der Waals surface area (Å²) in [7, 11) is 0. The second kappa shape index (κ2) is 5.55. The van der Waals surface area contributed by atoms with Crippen LogP contribution in [0.3, 0.4) is 0 Å². The van der Waals surface area contributed by atoms with E-state index in [0.29, 0.717) is 6.04 Å². The Kier molecular flexibility index (Phi) is 3.77. The van der Waals surface area contributed by atoms with Crippen LogP contribution in [0.2, 0.25) is 10.0 Å². The Hall–Kier alpha value is -1.38. The van der Waals surface area contributed by atoms with Gasteiger partial charge in [-0.1, -0.05) is 47.5 Å². The maximum absolute atomic E-state index is 9.58. The Morgan fingerprint density at radius 3 is 2.40 bits per heavy atom. The predicted molar refractivity (Wildman–Crippen MR) is 84.0 cm³/mol. The second-order valence-corrected chi connectivity index (χ2v) is 5.96. The summed E-state index contributed by atoms with van der Waals surface area (Å²) in [6.07, 6.45) is 3.15. The summed E-state index contributed by atoms with van der Waals surface area (Å²) in [5.41, 5.74) is 3.68. The first kappa shape index (κ1) is 13.6. The number of phenols is 1. The maximum Gasteiger partial charge on any atom is 0.152 e. The maximum atomic E-state index is 9.58. The number of benzene rings is 2. The van der Waals surface area contributed by atoms with Gasteiger partial charge < -0.3 is 10.4 Å². The minimum absolute atomic E-state index is 0.0622. The first-order chi connectivity index (χ1) is 9.63. The molecule has 1 atom stereocenters. The van der Waals surface area contributed by atoms with E-state index in [9.17, 15) is 5.11 Å². The van der Waals surface area contributed by atoms with Gasteiger partial charge in [-0.3, -0.25) is 0 Å². The van der Waals surface area contributed by atoms with Crippen LogP contribution in [0.1, 0.15) is 17.5 Å². The largest absolute Gasteiger partial charge is 0.505 e. The number of aryl methyl sites for hydroxylation is 1. The summed E-state index contributed by atoms with van der Waals surface area (Å²) in [6.45, 7) is 0. The molecule has 2 N–H and O–H groups in total. The van der Waals surface area contributed by atoms with E-state index in [-0.39, 0.29) is 15.8 Å². The molecule has 3 rings (SSSR count). The van der Waals surface area contributed by atoms with Crippen LogP contribution in [0, 0.1) is 0 Å². The van der Waals surface area contributed by atoms with Gasteiger partial charge in [0.15, 0.2) is 5.75 Å². The molecule has 0 radical (unpaired) electrons. The summed E-state index contributed by atoms with van der Waals surface area (Å²) in [5, 5.41) is 13.6. The zero-order valence-corrected chi connectivity index (χ0v) is 12.4. The van der Waals surface area contributed by atoms with Crippen molar-refractivity contribution in [2.75, 3.05) is 5.32 Å². The fourth-order valence-corrected chi connectivity index (χ4v) is 3.19. The summed E-state index contributed by atoms with van der Waals surface area (Å²) >= 11 is 11.9. The molecule has 1 aliphatic rings. The van der Waals surface area contributed by atoms with E-state index < -0.39 is 0 Å². The van der Waals surface area contributed by atoms with Gasteiger partial charge in [-0.05, 0) is 42.5 Å². The standard InChI is InChI=1S/C16H15Cl2NO/c17-14-8-13(9-15(18)16(14)20)19-12-6-5-10-3-1-2-4-11(10)7-12/h1-4,8-9,12,19-20H,5-7H2. The number of hydrogen-bond acceptors (Lipinski definition) is 2. The van der Waals surface area contributed by atoms with Crippen molar-refractivity contribution >= 4 is 28.9 Å². The monoisotopic (exact) mass is 307 g/mol. The van der Waals surface area contributed by atoms with Crippen molar-refractivity contribution in [3.63, 3.8) is 0 Å². The van der Waals surface area contributed by atoms with E-state index in [1.54, 1.807) is 12.1 Å². The molecule has 4 heteroatoms. The Morgan fingerprint density at radius 1 is 1.05 bits per heavy atom. The highest BCUT2D eigenvalue weighted by molar-refractivity contribution is 6.37. The lowest BCUT2D eigenvalue weighted by Crippen LogP contribution is -2.27. The summed E-state index contributed by atoms with van der Waals surface area (Å²) < 4.78 is 0. The van der Waals surface area contributed by atoms with Crippen molar-refractivity contribution in [1.82, 2.24) is 0 Å². The van der Waals surface area contributed by atoms with Crippen LogP contribution in [-0.2, 0) is 12.8 Å². The molecular weight excluding hydrogens is 293 g/mol. The van der Waals surface area contributed by atoms with Crippen LogP contribution in [0.15, 0.2) is 36.4 Å². The summed E-state index contributed by atoms with van der Waals surface area (Å²) in [5.74, 6) is -0.0622. The quantitative estimate of drug-likeness (QED) is 0.790. The molecule has 0 heterocycles. The van der Waals surface area contributed by atoms with Crippen LogP contribution in [0.25, 0.3) is 0 Å². The van der Waals surface area contributed by atoms with Crippen molar-refractivity contribution in [3.8, 4) is 5.75 Å². The van der Waals surface area contributed by atoms with Crippen molar-refractivity contribution in [2.24, 2.45) is 0 Å². The third-order valence-corrected chi connectivity index (χ3v) is 4.31. The topological polar surface area (TPSA) is 32.3 Å². The third-order valence-electron chi connectivity index (χ3n) is 3.73. The van der Waals surface area contributed by atoms with Crippen LogP contribution in [0.4, 0.5) is 5.69 Å². The molecule has 2 aromatic carbocycles. The van der Waals surface area contributed by atoms with Crippen LogP contribution >= 0.6 is 23.2 Å². The van der Waals surface area contributed by atoms with Crippen molar-refractivity contribution in [3.05, 3.63) is 57.6 Å². The Balaban J connectivity index is 1.77. The smallest absolute Gasteiger partial charge is 0.152 e. The fraction of sp³-hybridized carbons (Fsp3) is 0.250. The lowest BCUT2D eigenvalue weighted by atomic mass is 9.88. The van der Waals surface area contributed by atoms with E-state index in [4.69, 9.17) is 23.2 Å². The molecule has 0 fully saturated rings. The number of anilines is 1. The Bertz CT molecular complexity index is 619. The molecule has 2 nitrogen and oxygen atoms in total. The minimum Gasteiger partial charge on any atom is -0.505 e. The number of fused-ring (bicyclic) bond motifs is 1. The van der Waals surface area contributed by atoms with Gasteiger partial charge in [0.1, 0.15) is 0 Å². The first-order valence-electron chi connectivity index (χ1n) is 6.65. The molecule has 1 aliphatic carbocycles.